The number of hydrogen-bond acceptors (Lipinski definition) is 4. The van der Waals surface area contributed by atoms with Gasteiger partial charge in [-0.3, -0.25) is 4.79 Å². The molecule has 30 heavy (non-hydrogen) atoms. The van der Waals surface area contributed by atoms with Gasteiger partial charge in [-0.25, -0.2) is 9.78 Å². The monoisotopic (exact) mass is 434 g/mol. The van der Waals surface area contributed by atoms with Crippen LogP contribution in [0.25, 0.3) is 0 Å². The van der Waals surface area contributed by atoms with Crippen molar-refractivity contribution in [3.63, 3.8) is 0 Å². The quantitative estimate of drug-likeness (QED) is 0.437. The number of rotatable bonds is 5. The van der Waals surface area contributed by atoms with Gasteiger partial charge < -0.3 is 10.1 Å². The van der Waals surface area contributed by atoms with Crippen LogP contribution in [0.5, 0.6) is 0 Å². The molecule has 0 spiro atoms. The van der Waals surface area contributed by atoms with Crippen molar-refractivity contribution in [3.05, 3.63) is 94.8 Å². The number of benzene rings is 2. The molecule has 0 bridgehead atoms. The van der Waals surface area contributed by atoms with E-state index in [0.29, 0.717) is 5.56 Å². The molecular formula is C21H14ClF3N2O3. The van der Waals surface area contributed by atoms with Crippen LogP contribution in [-0.4, -0.2) is 16.9 Å². The van der Waals surface area contributed by atoms with Gasteiger partial charge in [-0.15, -0.1) is 0 Å². The van der Waals surface area contributed by atoms with Crippen LogP contribution < -0.4 is 5.32 Å². The maximum Gasteiger partial charge on any atom is 0.416 e. The van der Waals surface area contributed by atoms with Crippen molar-refractivity contribution in [3.8, 4) is 0 Å². The molecule has 3 aromatic rings. The Morgan fingerprint density at radius 3 is 2.37 bits per heavy atom. The van der Waals surface area contributed by atoms with Crippen molar-refractivity contribution < 1.29 is 27.5 Å². The Kier molecular flexibility index (Phi) is 6.37. The van der Waals surface area contributed by atoms with Crippen LogP contribution in [0.15, 0.2) is 72.9 Å². The largest absolute Gasteiger partial charge is 0.444 e. The number of alkyl halides is 3. The van der Waals surface area contributed by atoms with E-state index >= 15 is 0 Å². The number of nitrogens with one attached hydrogen (secondary N) is 1. The highest BCUT2D eigenvalue weighted by Gasteiger charge is 2.31. The Morgan fingerprint density at radius 1 is 1.00 bits per heavy atom. The van der Waals surface area contributed by atoms with Crippen molar-refractivity contribution >= 4 is 29.2 Å². The molecule has 9 heteroatoms. The average Bonchev–Trinajstić information content (AvgIpc) is 2.72. The second kappa shape index (κ2) is 8.96. The highest BCUT2D eigenvalue weighted by Crippen LogP contribution is 2.31. The minimum atomic E-state index is -4.56. The fourth-order valence-electron chi connectivity index (χ4n) is 2.55. The second-order valence-electron chi connectivity index (χ2n) is 6.13. The summed E-state index contributed by atoms with van der Waals surface area (Å²) in [6, 6.07) is 15.0. The summed E-state index contributed by atoms with van der Waals surface area (Å²) in [6.45, 7) is 0. The molecule has 1 atom stereocenters. The lowest BCUT2D eigenvalue weighted by atomic mass is 10.1. The van der Waals surface area contributed by atoms with Gasteiger partial charge in [0.15, 0.2) is 0 Å². The summed E-state index contributed by atoms with van der Waals surface area (Å²) < 4.78 is 44.1. The van der Waals surface area contributed by atoms with E-state index in [1.54, 1.807) is 30.3 Å². The highest BCUT2D eigenvalue weighted by atomic mass is 35.5. The molecule has 0 saturated carbocycles. The number of nitrogens with zero attached hydrogens (tertiary/aromatic N) is 1. The molecule has 1 heterocycles. The smallest absolute Gasteiger partial charge is 0.416 e. The highest BCUT2D eigenvalue weighted by molar-refractivity contribution is 6.29. The Morgan fingerprint density at radius 2 is 1.73 bits per heavy atom. The van der Waals surface area contributed by atoms with Crippen LogP contribution in [0, 0.1) is 0 Å². The van der Waals surface area contributed by atoms with Gasteiger partial charge in [-0.05, 0) is 30.3 Å². The topological polar surface area (TPSA) is 68.3 Å². The van der Waals surface area contributed by atoms with Gasteiger partial charge in [0, 0.05) is 17.4 Å². The molecule has 0 aliphatic carbocycles. The third-order valence-electron chi connectivity index (χ3n) is 3.99. The van der Waals surface area contributed by atoms with Gasteiger partial charge in [-0.1, -0.05) is 48.0 Å². The molecule has 3 rings (SSSR count). The van der Waals surface area contributed by atoms with Gasteiger partial charge in [0.05, 0.1) is 11.1 Å². The minimum Gasteiger partial charge on any atom is -0.444 e. The Bertz CT molecular complexity index is 1040. The van der Waals surface area contributed by atoms with E-state index in [4.69, 9.17) is 16.3 Å². The lowest BCUT2D eigenvalue weighted by Crippen LogP contribution is -2.26. The van der Waals surface area contributed by atoms with Gasteiger partial charge >= 0.3 is 12.1 Å². The third kappa shape index (κ3) is 5.36. The van der Waals surface area contributed by atoms with Crippen LogP contribution in [0.3, 0.4) is 0 Å². The molecule has 154 valence electrons. The number of amides is 1. The first-order valence-electron chi connectivity index (χ1n) is 8.59. The molecule has 0 saturated heterocycles. The number of halogens is 4. The van der Waals surface area contributed by atoms with Crippen molar-refractivity contribution in [1.82, 2.24) is 4.98 Å². The van der Waals surface area contributed by atoms with Crippen LogP contribution >= 0.6 is 11.6 Å². The fraction of sp³-hybridized carbons (Fsp3) is 0.0952. The second-order valence-corrected chi connectivity index (χ2v) is 6.52. The number of carbonyl (C=O) groups excluding carboxylic acids is 2. The van der Waals surface area contributed by atoms with E-state index in [0.717, 1.165) is 12.1 Å². The first-order chi connectivity index (χ1) is 14.2. The predicted molar refractivity (Wildman–Crippen MR) is 104 cm³/mol. The summed E-state index contributed by atoms with van der Waals surface area (Å²) in [5.41, 5.74) is -0.592. The number of esters is 1. The van der Waals surface area contributed by atoms with Crippen molar-refractivity contribution in [2.75, 3.05) is 5.32 Å². The average molecular weight is 435 g/mol. The van der Waals surface area contributed by atoms with Gasteiger partial charge in [0.25, 0.3) is 5.91 Å². The maximum absolute atomic E-state index is 12.9. The van der Waals surface area contributed by atoms with E-state index in [2.05, 4.69) is 10.3 Å². The molecule has 1 amide bonds. The van der Waals surface area contributed by atoms with Gasteiger partial charge in [-0.2, -0.15) is 13.2 Å². The predicted octanol–water partition coefficient (Wildman–Crippen LogP) is 5.29. The Hall–Kier alpha value is -3.39. The molecule has 0 aliphatic heterocycles. The van der Waals surface area contributed by atoms with Gasteiger partial charge in [0.1, 0.15) is 5.15 Å². The molecule has 1 N–H and O–H groups in total. The number of anilines is 1. The summed E-state index contributed by atoms with van der Waals surface area (Å²) in [4.78, 5) is 29.0. The van der Waals surface area contributed by atoms with Crippen LogP contribution in [0.1, 0.15) is 27.6 Å². The summed E-state index contributed by atoms with van der Waals surface area (Å²) in [5, 5.41) is 2.54. The third-order valence-corrected chi connectivity index (χ3v) is 4.21. The number of ether oxygens (including phenoxy) is 1. The van der Waals surface area contributed by atoms with E-state index in [-0.39, 0.29) is 16.4 Å². The molecule has 1 unspecified atom stereocenters. The van der Waals surface area contributed by atoms with E-state index in [1.165, 1.54) is 30.5 Å². The van der Waals surface area contributed by atoms with E-state index in [9.17, 15) is 22.8 Å². The number of carbonyl (C=O) groups is 2. The van der Waals surface area contributed by atoms with Gasteiger partial charge in [0.2, 0.25) is 6.10 Å². The Balaban J connectivity index is 1.85. The fourth-order valence-corrected chi connectivity index (χ4v) is 2.67. The van der Waals surface area contributed by atoms with Crippen molar-refractivity contribution in [2.24, 2.45) is 0 Å². The Labute approximate surface area is 174 Å². The summed E-state index contributed by atoms with van der Waals surface area (Å²) in [6.07, 6.45) is -4.77. The molecule has 0 fully saturated rings. The lowest BCUT2D eigenvalue weighted by Gasteiger charge is -2.18. The summed E-state index contributed by atoms with van der Waals surface area (Å²) in [5.74, 6) is -1.65. The molecule has 5 nitrogen and oxygen atoms in total. The lowest BCUT2D eigenvalue weighted by molar-refractivity contribution is -0.137. The summed E-state index contributed by atoms with van der Waals surface area (Å²) >= 11 is 5.70. The minimum absolute atomic E-state index is 0.0622. The van der Waals surface area contributed by atoms with Crippen molar-refractivity contribution in [2.45, 2.75) is 12.3 Å². The van der Waals surface area contributed by atoms with Crippen molar-refractivity contribution in [1.29, 1.82) is 0 Å². The normalized spacial score (nSPS) is 12.1. The van der Waals surface area contributed by atoms with Crippen LogP contribution in [0.4, 0.5) is 18.9 Å². The molecule has 0 radical (unpaired) electrons. The van der Waals surface area contributed by atoms with Crippen LogP contribution in [-0.2, 0) is 15.7 Å². The number of hydrogen-bond donors (Lipinski definition) is 1. The molecular weight excluding hydrogens is 421 g/mol. The zero-order valence-electron chi connectivity index (χ0n) is 15.2. The van der Waals surface area contributed by atoms with E-state index in [1.807, 2.05) is 0 Å². The van der Waals surface area contributed by atoms with Crippen LogP contribution in [0.2, 0.25) is 5.15 Å². The first kappa shape index (κ1) is 21.3. The maximum atomic E-state index is 12.9. The zero-order valence-corrected chi connectivity index (χ0v) is 15.9. The molecule has 0 aliphatic rings. The number of aromatic nitrogens is 1. The summed E-state index contributed by atoms with van der Waals surface area (Å²) in [7, 11) is 0. The van der Waals surface area contributed by atoms with E-state index < -0.39 is 29.7 Å². The zero-order chi connectivity index (χ0) is 21.7. The standard InChI is InChI=1S/C21H14ClF3N2O3/c22-17-10-9-14(12-26-17)20(29)30-18(13-5-2-1-3-6-13)19(28)27-16-8-4-7-15(11-16)21(23,24)25/h1-12,18H,(H,27,28). The first-order valence-corrected chi connectivity index (χ1v) is 8.97. The molecule has 1 aromatic heterocycles. The number of pyridine rings is 1. The SMILES string of the molecule is O=C(OC(C(=O)Nc1cccc(C(F)(F)F)c1)c1ccccc1)c1ccc(Cl)nc1. The molecule has 2 aromatic carbocycles.